The number of rotatable bonds is 5. The molecule has 1 aromatic rings. The number of hydrogen-bond donors (Lipinski definition) is 1. The molecule has 0 amide bonds. The first kappa shape index (κ1) is 13.1. The van der Waals surface area contributed by atoms with E-state index in [9.17, 15) is 0 Å². The van der Waals surface area contributed by atoms with Crippen LogP contribution in [-0.4, -0.2) is 37.1 Å². The summed E-state index contributed by atoms with van der Waals surface area (Å²) in [5, 5.41) is 3.58. The van der Waals surface area contributed by atoms with Gasteiger partial charge in [-0.25, -0.2) is 0 Å². The van der Waals surface area contributed by atoms with E-state index >= 15 is 0 Å². The van der Waals surface area contributed by atoms with Gasteiger partial charge in [0.05, 0.1) is 0 Å². The topological polar surface area (TPSA) is 15.3 Å². The lowest BCUT2D eigenvalue weighted by atomic mass is 9.77. The highest BCUT2D eigenvalue weighted by molar-refractivity contribution is 5.40. The highest BCUT2D eigenvalue weighted by Gasteiger charge is 2.30. The lowest BCUT2D eigenvalue weighted by Gasteiger charge is -2.33. The summed E-state index contributed by atoms with van der Waals surface area (Å²) in [6.45, 7) is 9.52. The molecule has 2 atom stereocenters. The van der Waals surface area contributed by atoms with Crippen LogP contribution in [0.25, 0.3) is 0 Å². The van der Waals surface area contributed by atoms with Gasteiger partial charge in [-0.3, -0.25) is 0 Å². The maximum atomic E-state index is 3.58. The Morgan fingerprint density at radius 3 is 2.95 bits per heavy atom. The van der Waals surface area contributed by atoms with Crippen LogP contribution in [0.4, 0.5) is 0 Å². The van der Waals surface area contributed by atoms with Crippen molar-refractivity contribution < 1.29 is 0 Å². The fourth-order valence-corrected chi connectivity index (χ4v) is 3.48. The Hall–Kier alpha value is -0.860. The predicted octanol–water partition coefficient (Wildman–Crippen LogP) is 2.65. The van der Waals surface area contributed by atoms with Crippen LogP contribution in [0.1, 0.15) is 37.3 Å². The number of nitrogens with zero attached hydrogens (tertiary/aromatic N) is 1. The van der Waals surface area contributed by atoms with E-state index in [2.05, 4.69) is 48.3 Å². The van der Waals surface area contributed by atoms with Crippen molar-refractivity contribution in [3.63, 3.8) is 0 Å². The van der Waals surface area contributed by atoms with E-state index in [-0.39, 0.29) is 0 Å². The first-order valence-corrected chi connectivity index (χ1v) is 7.76. The van der Waals surface area contributed by atoms with Crippen LogP contribution in [0, 0.1) is 5.92 Å². The zero-order valence-corrected chi connectivity index (χ0v) is 12.2. The first-order chi connectivity index (χ1) is 9.22. The molecule has 0 saturated carbocycles. The summed E-state index contributed by atoms with van der Waals surface area (Å²) in [7, 11) is 0. The normalized spacial score (nSPS) is 26.5. The minimum atomic E-state index is 0.618. The number of fused-ring (bicyclic) bond motifs is 1. The van der Waals surface area contributed by atoms with Gasteiger partial charge in [0.2, 0.25) is 0 Å². The Morgan fingerprint density at radius 2 is 2.16 bits per heavy atom. The summed E-state index contributed by atoms with van der Waals surface area (Å²) in [6.07, 6.45) is 2.66. The fraction of sp³-hybridized carbons (Fsp3) is 0.647. The molecule has 1 fully saturated rings. The molecule has 1 aliphatic heterocycles. The molecule has 1 heterocycles. The monoisotopic (exact) mass is 258 g/mol. The summed E-state index contributed by atoms with van der Waals surface area (Å²) in [4.78, 5) is 2.67. The Balaban J connectivity index is 1.46. The molecule has 19 heavy (non-hydrogen) atoms. The smallest absolute Gasteiger partial charge is 0.00537 e. The van der Waals surface area contributed by atoms with Gasteiger partial charge in [-0.2, -0.15) is 0 Å². The summed E-state index contributed by atoms with van der Waals surface area (Å²) in [6, 6.07) is 9.57. The van der Waals surface area contributed by atoms with E-state index in [1.165, 1.54) is 39.0 Å². The van der Waals surface area contributed by atoms with Crippen LogP contribution >= 0.6 is 0 Å². The zero-order valence-electron chi connectivity index (χ0n) is 12.2. The lowest BCUT2D eigenvalue weighted by molar-refractivity contribution is 0.288. The second-order valence-electron chi connectivity index (χ2n) is 6.58. The van der Waals surface area contributed by atoms with E-state index in [1.54, 1.807) is 11.1 Å². The van der Waals surface area contributed by atoms with Crippen molar-refractivity contribution in [1.29, 1.82) is 0 Å². The molecule has 1 saturated heterocycles. The summed E-state index contributed by atoms with van der Waals surface area (Å²) >= 11 is 0. The van der Waals surface area contributed by atoms with E-state index in [0.29, 0.717) is 6.04 Å². The molecule has 2 unspecified atom stereocenters. The molecule has 0 spiro atoms. The van der Waals surface area contributed by atoms with E-state index in [4.69, 9.17) is 0 Å². The van der Waals surface area contributed by atoms with Crippen LogP contribution in [-0.2, 0) is 6.42 Å². The van der Waals surface area contributed by atoms with Gasteiger partial charge in [-0.05, 0) is 43.0 Å². The van der Waals surface area contributed by atoms with Gasteiger partial charge in [0.25, 0.3) is 0 Å². The second kappa shape index (κ2) is 5.64. The quantitative estimate of drug-likeness (QED) is 0.873. The standard InChI is InChI=1S/C17H26N2/c1-13(2)18-10-14-7-8-19(11-14)12-16-9-15-5-3-4-6-17(15)16/h3-6,13-14,16,18H,7-12H2,1-2H3. The Bertz CT molecular complexity index is 427. The van der Waals surface area contributed by atoms with Gasteiger partial charge in [0.1, 0.15) is 0 Å². The Kier molecular flexibility index (Phi) is 3.90. The van der Waals surface area contributed by atoms with Gasteiger partial charge in [-0.15, -0.1) is 0 Å². The molecule has 3 rings (SSSR count). The fourth-order valence-electron chi connectivity index (χ4n) is 3.48. The van der Waals surface area contributed by atoms with Gasteiger partial charge in [0, 0.05) is 25.0 Å². The molecule has 0 radical (unpaired) electrons. The minimum absolute atomic E-state index is 0.618. The Morgan fingerprint density at radius 1 is 1.32 bits per heavy atom. The number of nitrogens with one attached hydrogen (secondary N) is 1. The lowest BCUT2D eigenvalue weighted by Crippen LogP contribution is -2.34. The third-order valence-electron chi connectivity index (χ3n) is 4.62. The number of likely N-dealkylation sites (tertiary alicyclic amines) is 1. The van der Waals surface area contributed by atoms with E-state index in [0.717, 1.165) is 11.8 Å². The van der Waals surface area contributed by atoms with Gasteiger partial charge >= 0.3 is 0 Å². The average molecular weight is 258 g/mol. The third-order valence-corrected chi connectivity index (χ3v) is 4.62. The second-order valence-corrected chi connectivity index (χ2v) is 6.58. The maximum Gasteiger partial charge on any atom is 0.00537 e. The Labute approximate surface area is 117 Å². The van der Waals surface area contributed by atoms with Crippen molar-refractivity contribution in [2.75, 3.05) is 26.2 Å². The molecule has 2 aliphatic rings. The molecule has 104 valence electrons. The third kappa shape index (κ3) is 3.01. The number of hydrogen-bond acceptors (Lipinski definition) is 2. The highest BCUT2D eigenvalue weighted by atomic mass is 15.2. The molecule has 1 N–H and O–H groups in total. The van der Waals surface area contributed by atoms with Crippen molar-refractivity contribution in [2.24, 2.45) is 5.92 Å². The molecule has 1 aromatic carbocycles. The van der Waals surface area contributed by atoms with Gasteiger partial charge < -0.3 is 10.2 Å². The average Bonchev–Trinajstić information content (AvgIpc) is 2.81. The SMILES string of the molecule is CC(C)NCC1CCN(CC2Cc3ccccc32)C1. The number of benzene rings is 1. The summed E-state index contributed by atoms with van der Waals surface area (Å²) in [5.74, 6) is 1.66. The largest absolute Gasteiger partial charge is 0.314 e. The van der Waals surface area contributed by atoms with Crippen LogP contribution in [0.15, 0.2) is 24.3 Å². The summed E-state index contributed by atoms with van der Waals surface area (Å²) in [5.41, 5.74) is 3.18. The maximum absolute atomic E-state index is 3.58. The summed E-state index contributed by atoms with van der Waals surface area (Å²) < 4.78 is 0. The van der Waals surface area contributed by atoms with Crippen molar-refractivity contribution in [3.8, 4) is 0 Å². The van der Waals surface area contributed by atoms with Crippen molar-refractivity contribution >= 4 is 0 Å². The van der Waals surface area contributed by atoms with Crippen molar-refractivity contribution in [3.05, 3.63) is 35.4 Å². The molecular formula is C17H26N2. The van der Waals surface area contributed by atoms with Gasteiger partial charge in [0.15, 0.2) is 0 Å². The van der Waals surface area contributed by atoms with Crippen LogP contribution in [0.2, 0.25) is 0 Å². The molecule has 0 bridgehead atoms. The predicted molar refractivity (Wildman–Crippen MR) is 80.6 cm³/mol. The molecule has 2 nitrogen and oxygen atoms in total. The van der Waals surface area contributed by atoms with E-state index in [1.807, 2.05) is 0 Å². The van der Waals surface area contributed by atoms with Crippen molar-refractivity contribution in [1.82, 2.24) is 10.2 Å². The van der Waals surface area contributed by atoms with Crippen LogP contribution in [0.3, 0.4) is 0 Å². The van der Waals surface area contributed by atoms with Gasteiger partial charge in [-0.1, -0.05) is 38.1 Å². The first-order valence-electron chi connectivity index (χ1n) is 7.76. The van der Waals surface area contributed by atoms with Crippen molar-refractivity contribution in [2.45, 2.75) is 38.6 Å². The van der Waals surface area contributed by atoms with E-state index < -0.39 is 0 Å². The van der Waals surface area contributed by atoms with Crippen LogP contribution in [0.5, 0.6) is 0 Å². The molecule has 1 aliphatic carbocycles. The van der Waals surface area contributed by atoms with Crippen LogP contribution < -0.4 is 5.32 Å². The zero-order chi connectivity index (χ0) is 13.2. The highest BCUT2D eigenvalue weighted by Crippen LogP contribution is 2.36. The minimum Gasteiger partial charge on any atom is -0.314 e. The molecule has 0 aromatic heterocycles. The molecular weight excluding hydrogens is 232 g/mol. The molecule has 2 heteroatoms.